The first kappa shape index (κ1) is 15.3. The van der Waals surface area contributed by atoms with E-state index in [-0.39, 0.29) is 6.04 Å². The highest BCUT2D eigenvalue weighted by Gasteiger charge is 2.15. The Labute approximate surface area is 123 Å². The lowest BCUT2D eigenvalue weighted by Crippen LogP contribution is -2.38. The molecular weight excluding hydrogens is 244 g/mol. The van der Waals surface area contributed by atoms with Crippen LogP contribution in [0.25, 0.3) is 0 Å². The monoisotopic (exact) mass is 272 g/mol. The van der Waals surface area contributed by atoms with E-state index in [1.54, 1.807) is 0 Å². The molecule has 1 aromatic carbocycles. The zero-order valence-corrected chi connectivity index (χ0v) is 12.9. The van der Waals surface area contributed by atoms with Gasteiger partial charge in [-0.3, -0.25) is 11.3 Å². The van der Waals surface area contributed by atoms with Gasteiger partial charge in [-0.25, -0.2) is 0 Å². The Hall–Kier alpha value is -1.12. The first-order valence-corrected chi connectivity index (χ1v) is 7.92. The van der Waals surface area contributed by atoms with Crippen LogP contribution in [0.4, 0.5) is 0 Å². The number of nitrogens with one attached hydrogen (secondary N) is 1. The van der Waals surface area contributed by atoms with Crippen LogP contribution in [-0.4, -0.2) is 6.04 Å². The lowest BCUT2D eigenvalue weighted by Gasteiger charge is -2.22. The van der Waals surface area contributed by atoms with Crippen molar-refractivity contribution in [2.24, 2.45) is 5.84 Å². The van der Waals surface area contributed by atoms with Crippen molar-refractivity contribution >= 4 is 0 Å². The molecule has 0 aliphatic heterocycles. The zero-order chi connectivity index (χ0) is 14.4. The first-order chi connectivity index (χ1) is 9.70. The van der Waals surface area contributed by atoms with Crippen molar-refractivity contribution < 1.29 is 0 Å². The van der Waals surface area contributed by atoms with Gasteiger partial charge in [0.1, 0.15) is 0 Å². The van der Waals surface area contributed by atoms with Crippen LogP contribution in [0.5, 0.6) is 0 Å². The van der Waals surface area contributed by atoms with Gasteiger partial charge in [-0.05, 0) is 57.1 Å². The highest BCUT2D eigenvalue weighted by Crippen LogP contribution is 2.22. The fourth-order valence-corrected chi connectivity index (χ4v) is 3.07. The topological polar surface area (TPSA) is 38.0 Å². The predicted molar refractivity (Wildman–Crippen MR) is 86.5 cm³/mol. The highest BCUT2D eigenvalue weighted by atomic mass is 15.2. The molecule has 110 valence electrons. The number of rotatable bonds is 4. The van der Waals surface area contributed by atoms with Gasteiger partial charge in [0, 0.05) is 6.04 Å². The fourth-order valence-electron chi connectivity index (χ4n) is 3.07. The molecule has 2 heteroatoms. The van der Waals surface area contributed by atoms with Crippen LogP contribution in [0.15, 0.2) is 29.8 Å². The summed E-state index contributed by atoms with van der Waals surface area (Å²) in [5, 5.41) is 0. The van der Waals surface area contributed by atoms with Crippen LogP contribution in [0.1, 0.15) is 55.2 Å². The van der Waals surface area contributed by atoms with Gasteiger partial charge in [0.15, 0.2) is 0 Å². The summed E-state index contributed by atoms with van der Waals surface area (Å²) >= 11 is 0. The van der Waals surface area contributed by atoms with Crippen LogP contribution in [-0.2, 0) is 6.42 Å². The molecule has 0 heterocycles. The number of aryl methyl sites for hydroxylation is 2. The summed E-state index contributed by atoms with van der Waals surface area (Å²) in [5.74, 6) is 5.84. The molecule has 0 saturated carbocycles. The van der Waals surface area contributed by atoms with E-state index in [0.717, 1.165) is 6.42 Å². The molecule has 0 fully saturated rings. The molecule has 3 N–H and O–H groups in total. The SMILES string of the molecule is Cc1ccc(C)c(CC(NN)/C2=C/CCCCCC2)c1. The summed E-state index contributed by atoms with van der Waals surface area (Å²) in [5.41, 5.74) is 8.66. The molecule has 0 bridgehead atoms. The minimum Gasteiger partial charge on any atom is -0.271 e. The summed E-state index contributed by atoms with van der Waals surface area (Å²) < 4.78 is 0. The third-order valence-electron chi connectivity index (χ3n) is 4.40. The van der Waals surface area contributed by atoms with Crippen molar-refractivity contribution in [2.45, 2.75) is 64.8 Å². The molecule has 0 aromatic heterocycles. The number of benzene rings is 1. The third kappa shape index (κ3) is 4.19. The van der Waals surface area contributed by atoms with Crippen LogP contribution in [0, 0.1) is 13.8 Å². The average Bonchev–Trinajstić information content (AvgIpc) is 2.40. The second-order valence-electron chi connectivity index (χ2n) is 6.09. The molecule has 0 spiro atoms. The summed E-state index contributed by atoms with van der Waals surface area (Å²) in [7, 11) is 0. The number of allylic oxidation sites excluding steroid dienone is 1. The van der Waals surface area contributed by atoms with Crippen molar-refractivity contribution in [3.8, 4) is 0 Å². The van der Waals surface area contributed by atoms with Gasteiger partial charge >= 0.3 is 0 Å². The Morgan fingerprint density at radius 2 is 1.95 bits per heavy atom. The lowest BCUT2D eigenvalue weighted by molar-refractivity contribution is 0.536. The standard InChI is InChI=1S/C18H28N2/c1-14-10-11-15(2)17(12-14)13-18(20-19)16-8-6-4-3-5-7-9-16/h8,10-12,18,20H,3-7,9,13,19H2,1-2H3/b16-8+. The molecule has 1 atom stereocenters. The second-order valence-corrected chi connectivity index (χ2v) is 6.09. The molecule has 1 unspecified atom stereocenters. The van der Waals surface area contributed by atoms with E-state index in [4.69, 9.17) is 5.84 Å². The molecule has 0 amide bonds. The Bertz CT molecular complexity index is 462. The van der Waals surface area contributed by atoms with Gasteiger partial charge in [-0.15, -0.1) is 0 Å². The minimum absolute atomic E-state index is 0.286. The smallest absolute Gasteiger partial charge is 0.0460 e. The third-order valence-corrected chi connectivity index (χ3v) is 4.40. The van der Waals surface area contributed by atoms with Gasteiger partial charge in [0.05, 0.1) is 0 Å². The van der Waals surface area contributed by atoms with E-state index in [0.29, 0.717) is 0 Å². The highest BCUT2D eigenvalue weighted by molar-refractivity contribution is 5.32. The van der Waals surface area contributed by atoms with Crippen molar-refractivity contribution in [1.82, 2.24) is 5.43 Å². The van der Waals surface area contributed by atoms with Crippen molar-refractivity contribution in [1.29, 1.82) is 0 Å². The number of hydrogen-bond donors (Lipinski definition) is 2. The van der Waals surface area contributed by atoms with Gasteiger partial charge < -0.3 is 0 Å². The number of hydrazine groups is 1. The van der Waals surface area contributed by atoms with E-state index < -0.39 is 0 Å². The maximum atomic E-state index is 5.84. The van der Waals surface area contributed by atoms with Crippen molar-refractivity contribution in [3.63, 3.8) is 0 Å². The number of hydrogen-bond acceptors (Lipinski definition) is 2. The quantitative estimate of drug-likeness (QED) is 0.494. The summed E-state index contributed by atoms with van der Waals surface area (Å²) in [6.07, 6.45) is 11.2. The van der Waals surface area contributed by atoms with E-state index >= 15 is 0 Å². The maximum Gasteiger partial charge on any atom is 0.0460 e. The first-order valence-electron chi connectivity index (χ1n) is 7.92. The Balaban J connectivity index is 2.13. The van der Waals surface area contributed by atoms with Crippen LogP contribution in [0.3, 0.4) is 0 Å². The van der Waals surface area contributed by atoms with Gasteiger partial charge in [0.2, 0.25) is 0 Å². The van der Waals surface area contributed by atoms with Crippen LogP contribution < -0.4 is 11.3 Å². The molecule has 0 radical (unpaired) electrons. The van der Waals surface area contributed by atoms with Crippen LogP contribution in [0.2, 0.25) is 0 Å². The van der Waals surface area contributed by atoms with Crippen molar-refractivity contribution in [2.75, 3.05) is 0 Å². The molecular formula is C18H28N2. The van der Waals surface area contributed by atoms with E-state index in [1.165, 1.54) is 60.8 Å². The molecule has 2 nitrogen and oxygen atoms in total. The Kier molecular flexibility index (Phi) is 5.81. The fraction of sp³-hybridized carbons (Fsp3) is 0.556. The zero-order valence-electron chi connectivity index (χ0n) is 12.9. The lowest BCUT2D eigenvalue weighted by atomic mass is 9.90. The summed E-state index contributed by atoms with van der Waals surface area (Å²) in [6.45, 7) is 4.35. The van der Waals surface area contributed by atoms with E-state index in [9.17, 15) is 0 Å². The summed E-state index contributed by atoms with van der Waals surface area (Å²) in [6, 6.07) is 6.97. The minimum atomic E-state index is 0.286. The molecule has 2 rings (SSSR count). The maximum absolute atomic E-state index is 5.84. The van der Waals surface area contributed by atoms with Crippen molar-refractivity contribution in [3.05, 3.63) is 46.5 Å². The molecule has 20 heavy (non-hydrogen) atoms. The Morgan fingerprint density at radius 3 is 2.75 bits per heavy atom. The summed E-state index contributed by atoms with van der Waals surface area (Å²) in [4.78, 5) is 0. The largest absolute Gasteiger partial charge is 0.271 e. The Morgan fingerprint density at radius 1 is 1.15 bits per heavy atom. The van der Waals surface area contributed by atoms with Gasteiger partial charge in [-0.1, -0.05) is 48.3 Å². The second kappa shape index (κ2) is 7.61. The number of nitrogens with two attached hydrogens (primary N) is 1. The van der Waals surface area contributed by atoms with Crippen LogP contribution >= 0.6 is 0 Å². The van der Waals surface area contributed by atoms with Gasteiger partial charge in [-0.2, -0.15) is 0 Å². The normalized spacial score (nSPS) is 20.6. The molecule has 1 aliphatic carbocycles. The van der Waals surface area contributed by atoms with E-state index in [1.807, 2.05) is 0 Å². The van der Waals surface area contributed by atoms with Gasteiger partial charge in [0.25, 0.3) is 0 Å². The molecule has 0 saturated heterocycles. The predicted octanol–water partition coefficient (Wildman–Crippen LogP) is 3.96. The molecule has 1 aromatic rings. The average molecular weight is 272 g/mol. The molecule has 1 aliphatic rings. The van der Waals surface area contributed by atoms with E-state index in [2.05, 4.69) is 43.5 Å².